The van der Waals surface area contributed by atoms with E-state index in [1.54, 1.807) is 0 Å². The molecule has 112 valence electrons. The minimum atomic E-state index is 0.121. The van der Waals surface area contributed by atoms with Gasteiger partial charge >= 0.3 is 0 Å². The van der Waals surface area contributed by atoms with Gasteiger partial charge in [0.1, 0.15) is 0 Å². The first kappa shape index (κ1) is 15.9. The molecule has 0 bridgehead atoms. The first-order valence-electron chi connectivity index (χ1n) is 7.36. The lowest BCUT2D eigenvalue weighted by Crippen LogP contribution is -2.20. The predicted molar refractivity (Wildman–Crippen MR) is 90.4 cm³/mol. The monoisotopic (exact) mass is 302 g/mol. The van der Waals surface area contributed by atoms with Crippen molar-refractivity contribution < 1.29 is 4.79 Å². The Labute approximate surface area is 131 Å². The van der Waals surface area contributed by atoms with Crippen LogP contribution in [0.2, 0.25) is 0 Å². The Bertz CT molecular complexity index is 554. The normalized spacial score (nSPS) is 15.1. The highest BCUT2D eigenvalue weighted by Crippen LogP contribution is 2.26. The maximum atomic E-state index is 12.1. The van der Waals surface area contributed by atoms with Gasteiger partial charge in [0.15, 0.2) is 0 Å². The molecule has 1 aliphatic heterocycles. The molecular formula is C17H22N2OS. The number of aryl methyl sites for hydroxylation is 1. The topological polar surface area (TPSA) is 55.1 Å². The van der Waals surface area contributed by atoms with Crippen LogP contribution in [0.5, 0.6) is 0 Å². The second kappa shape index (κ2) is 8.11. The van der Waals surface area contributed by atoms with Crippen LogP contribution in [0.3, 0.4) is 0 Å². The highest BCUT2D eigenvalue weighted by molar-refractivity contribution is 7.99. The van der Waals surface area contributed by atoms with Crippen LogP contribution in [0.25, 0.3) is 0 Å². The van der Waals surface area contributed by atoms with Gasteiger partial charge in [0.25, 0.3) is 0 Å². The van der Waals surface area contributed by atoms with E-state index in [0.717, 1.165) is 29.7 Å². The van der Waals surface area contributed by atoms with Crippen molar-refractivity contribution in [2.45, 2.75) is 26.2 Å². The van der Waals surface area contributed by atoms with Crippen LogP contribution in [-0.2, 0) is 4.79 Å². The van der Waals surface area contributed by atoms with Crippen molar-refractivity contribution in [1.29, 1.82) is 0 Å². The Morgan fingerprint density at radius 2 is 2.19 bits per heavy atom. The highest BCUT2D eigenvalue weighted by Gasteiger charge is 2.17. The number of nitrogens with one attached hydrogen (secondary N) is 1. The number of nitrogens with two attached hydrogens (primary N) is 1. The second-order valence-corrected chi connectivity index (χ2v) is 6.57. The molecule has 3 nitrogen and oxygen atoms in total. The molecule has 1 fully saturated rings. The van der Waals surface area contributed by atoms with E-state index in [-0.39, 0.29) is 5.91 Å². The van der Waals surface area contributed by atoms with E-state index in [2.05, 4.69) is 17.2 Å². The molecule has 1 aliphatic rings. The van der Waals surface area contributed by atoms with Crippen LogP contribution in [0.1, 0.15) is 30.4 Å². The highest BCUT2D eigenvalue weighted by atomic mass is 32.2. The summed E-state index contributed by atoms with van der Waals surface area (Å²) in [5.41, 5.74) is 8.21. The Morgan fingerprint density at radius 3 is 2.86 bits per heavy atom. The summed E-state index contributed by atoms with van der Waals surface area (Å²) in [6.07, 6.45) is 2.95. The van der Waals surface area contributed by atoms with Crippen molar-refractivity contribution in [3.05, 3.63) is 29.3 Å². The van der Waals surface area contributed by atoms with Crippen LogP contribution in [-0.4, -0.2) is 24.0 Å². The Kier molecular flexibility index (Phi) is 6.16. The predicted octanol–water partition coefficient (Wildman–Crippen LogP) is 2.78. The van der Waals surface area contributed by atoms with E-state index in [1.807, 2.05) is 36.9 Å². The van der Waals surface area contributed by atoms with Crippen molar-refractivity contribution in [2.24, 2.45) is 11.7 Å². The molecule has 4 heteroatoms. The fourth-order valence-electron chi connectivity index (χ4n) is 2.45. The third-order valence-electron chi connectivity index (χ3n) is 3.65. The van der Waals surface area contributed by atoms with Crippen LogP contribution in [0.4, 0.5) is 5.69 Å². The molecule has 1 amide bonds. The second-order valence-electron chi connectivity index (χ2n) is 5.34. The largest absolute Gasteiger partial charge is 0.326 e. The van der Waals surface area contributed by atoms with E-state index in [4.69, 9.17) is 5.73 Å². The van der Waals surface area contributed by atoms with Gasteiger partial charge in [0.05, 0.1) is 6.54 Å². The summed E-state index contributed by atoms with van der Waals surface area (Å²) in [5.74, 6) is 8.87. The molecule has 1 heterocycles. The van der Waals surface area contributed by atoms with Crippen molar-refractivity contribution in [3.8, 4) is 11.8 Å². The van der Waals surface area contributed by atoms with Gasteiger partial charge in [-0.25, -0.2) is 0 Å². The molecule has 0 spiro atoms. The summed E-state index contributed by atoms with van der Waals surface area (Å²) in [6.45, 7) is 2.34. The number of carbonyl (C=O) groups excluding carboxylic acids is 1. The fraction of sp³-hybridized carbons (Fsp3) is 0.471. The molecule has 1 aromatic carbocycles. The number of rotatable bonds is 3. The number of amides is 1. The third-order valence-corrected chi connectivity index (χ3v) is 4.70. The molecule has 2 rings (SSSR count). The van der Waals surface area contributed by atoms with Crippen molar-refractivity contribution in [1.82, 2.24) is 0 Å². The van der Waals surface area contributed by atoms with Crippen molar-refractivity contribution in [2.75, 3.05) is 23.4 Å². The Balaban J connectivity index is 1.94. The zero-order valence-electron chi connectivity index (χ0n) is 12.4. The van der Waals surface area contributed by atoms with Crippen molar-refractivity contribution >= 4 is 23.4 Å². The van der Waals surface area contributed by atoms with Gasteiger partial charge in [-0.1, -0.05) is 11.8 Å². The first-order chi connectivity index (χ1) is 10.2. The molecule has 1 saturated heterocycles. The number of hydrogen-bond acceptors (Lipinski definition) is 3. The molecule has 1 aromatic rings. The fourth-order valence-corrected chi connectivity index (χ4v) is 3.65. The molecule has 0 aromatic heterocycles. The summed E-state index contributed by atoms with van der Waals surface area (Å²) >= 11 is 1.99. The van der Waals surface area contributed by atoms with Gasteiger partial charge in [-0.15, -0.1) is 0 Å². The number of thioether (sulfide) groups is 1. The summed E-state index contributed by atoms with van der Waals surface area (Å²) < 4.78 is 0. The maximum absolute atomic E-state index is 12.1. The lowest BCUT2D eigenvalue weighted by molar-refractivity contribution is -0.117. The smallest absolute Gasteiger partial charge is 0.224 e. The SMILES string of the molecule is Cc1cc(C#CCN)ccc1NC(=O)CC1CCSCC1. The van der Waals surface area contributed by atoms with Gasteiger partial charge in [0.2, 0.25) is 5.91 Å². The van der Waals surface area contributed by atoms with Gasteiger partial charge in [-0.2, -0.15) is 11.8 Å². The lowest BCUT2D eigenvalue weighted by atomic mass is 9.98. The average molecular weight is 302 g/mol. The van der Waals surface area contributed by atoms with Gasteiger partial charge in [0, 0.05) is 17.7 Å². The van der Waals surface area contributed by atoms with Gasteiger partial charge in [-0.05, 0) is 61.0 Å². The zero-order valence-corrected chi connectivity index (χ0v) is 13.3. The molecule has 0 aliphatic carbocycles. The van der Waals surface area contributed by atoms with E-state index in [9.17, 15) is 4.79 Å². The lowest BCUT2D eigenvalue weighted by Gasteiger charge is -2.20. The van der Waals surface area contributed by atoms with Gasteiger partial charge in [-0.3, -0.25) is 4.79 Å². The van der Waals surface area contributed by atoms with Crippen molar-refractivity contribution in [3.63, 3.8) is 0 Å². The molecule has 0 atom stereocenters. The average Bonchev–Trinajstić information content (AvgIpc) is 2.48. The summed E-state index contributed by atoms with van der Waals surface area (Å²) in [5, 5.41) is 3.02. The summed E-state index contributed by atoms with van der Waals surface area (Å²) in [7, 11) is 0. The molecule has 0 radical (unpaired) electrons. The van der Waals surface area contributed by atoms with Crippen LogP contribution >= 0.6 is 11.8 Å². The van der Waals surface area contributed by atoms with E-state index in [1.165, 1.54) is 11.5 Å². The summed E-state index contributed by atoms with van der Waals surface area (Å²) in [6, 6.07) is 5.82. The molecule has 0 unspecified atom stereocenters. The molecular weight excluding hydrogens is 280 g/mol. The number of benzene rings is 1. The van der Waals surface area contributed by atoms with Crippen LogP contribution < -0.4 is 11.1 Å². The maximum Gasteiger partial charge on any atom is 0.224 e. The van der Waals surface area contributed by atoms with Gasteiger partial charge < -0.3 is 11.1 Å². The Morgan fingerprint density at radius 1 is 1.43 bits per heavy atom. The quantitative estimate of drug-likeness (QED) is 0.844. The molecule has 0 saturated carbocycles. The van der Waals surface area contributed by atoms with Crippen LogP contribution in [0, 0.1) is 24.7 Å². The van der Waals surface area contributed by atoms with E-state index < -0.39 is 0 Å². The third kappa shape index (κ3) is 5.11. The Hall–Kier alpha value is -1.44. The minimum absolute atomic E-state index is 0.121. The van der Waals surface area contributed by atoms with E-state index >= 15 is 0 Å². The van der Waals surface area contributed by atoms with Crippen LogP contribution in [0.15, 0.2) is 18.2 Å². The number of anilines is 1. The molecule has 3 N–H and O–H groups in total. The number of hydrogen-bond donors (Lipinski definition) is 2. The number of carbonyl (C=O) groups is 1. The zero-order chi connectivity index (χ0) is 15.1. The first-order valence-corrected chi connectivity index (χ1v) is 8.51. The minimum Gasteiger partial charge on any atom is -0.326 e. The summed E-state index contributed by atoms with van der Waals surface area (Å²) in [4.78, 5) is 12.1. The van der Waals surface area contributed by atoms with E-state index in [0.29, 0.717) is 18.9 Å². The standard InChI is InChI=1S/C17H22N2OS/c1-13-11-14(3-2-8-18)4-5-16(13)19-17(20)12-15-6-9-21-10-7-15/h4-5,11,15H,6-10,12,18H2,1H3,(H,19,20). The molecule has 21 heavy (non-hydrogen) atoms.